The second-order valence-corrected chi connectivity index (χ2v) is 12.6. The van der Waals surface area contributed by atoms with Crippen LogP contribution < -0.4 is 15.8 Å². The van der Waals surface area contributed by atoms with Crippen molar-refractivity contribution < 1.29 is 23.1 Å². The number of halogens is 2. The van der Waals surface area contributed by atoms with Crippen molar-refractivity contribution in [1.82, 2.24) is 10.2 Å². The van der Waals surface area contributed by atoms with Crippen molar-refractivity contribution in [2.75, 3.05) is 7.05 Å². The molecule has 0 radical (unpaired) electrons. The molecule has 2 heterocycles. The summed E-state index contributed by atoms with van der Waals surface area (Å²) in [4.78, 5) is 31.6. The maximum atomic E-state index is 15.2. The number of rotatable bonds is 9. The van der Waals surface area contributed by atoms with E-state index >= 15 is 8.78 Å². The Kier molecular flexibility index (Phi) is 8.58. The number of aryl methyl sites for hydroxylation is 2. The number of benzene rings is 2. The molecule has 42 heavy (non-hydrogen) atoms. The monoisotopic (exact) mass is 580 g/mol. The van der Waals surface area contributed by atoms with E-state index in [1.807, 2.05) is 0 Å². The van der Waals surface area contributed by atoms with Gasteiger partial charge in [0.2, 0.25) is 11.8 Å². The van der Waals surface area contributed by atoms with Crippen LogP contribution in [0.5, 0.6) is 5.75 Å². The summed E-state index contributed by atoms with van der Waals surface area (Å²) in [5.41, 5.74) is 9.12. The lowest BCUT2D eigenvalue weighted by molar-refractivity contribution is -0.133. The Labute approximate surface area is 246 Å². The van der Waals surface area contributed by atoms with Crippen LogP contribution in [0.15, 0.2) is 47.5 Å². The van der Waals surface area contributed by atoms with Crippen molar-refractivity contribution in [2.45, 2.75) is 102 Å². The van der Waals surface area contributed by atoms with Crippen molar-refractivity contribution in [1.29, 1.82) is 0 Å². The maximum Gasteiger partial charge on any atom is 0.273 e. The molecule has 0 aromatic heterocycles. The Hall–Kier alpha value is -3.49. The first kappa shape index (κ1) is 30.0. The molecule has 2 aromatic rings. The summed E-state index contributed by atoms with van der Waals surface area (Å²) >= 11 is 0. The van der Waals surface area contributed by atoms with E-state index in [2.05, 4.69) is 42.4 Å². The summed E-state index contributed by atoms with van der Waals surface area (Å²) < 4.78 is 36.5. The highest BCUT2D eigenvalue weighted by Gasteiger charge is 2.49. The lowest BCUT2D eigenvalue weighted by Gasteiger charge is -2.44. The molecular weight excluding hydrogens is 538 g/mol. The molecule has 9 heteroatoms. The Balaban J connectivity index is 1.25. The normalized spacial score (nSPS) is 24.2. The Morgan fingerprint density at radius 2 is 1.95 bits per heavy atom. The fraction of sp³-hybridized carbons (Fsp3) is 0.545. The van der Waals surface area contributed by atoms with Crippen molar-refractivity contribution >= 4 is 17.8 Å². The molecule has 2 aromatic carbocycles. The third kappa shape index (κ3) is 6.45. The second-order valence-electron chi connectivity index (χ2n) is 12.6. The number of nitrogens with one attached hydrogen (secondary N) is 1. The minimum atomic E-state index is -3.06. The van der Waals surface area contributed by atoms with Gasteiger partial charge in [-0.1, -0.05) is 42.8 Å². The van der Waals surface area contributed by atoms with Gasteiger partial charge in [-0.2, -0.15) is 0 Å². The number of fused-ring (bicyclic) bond motifs is 2. The highest BCUT2D eigenvalue weighted by atomic mass is 19.3. The number of carbonyl (C=O) groups excluding carboxylic acids is 2. The fourth-order valence-electron chi connectivity index (χ4n) is 6.71. The molecule has 0 saturated heterocycles. The van der Waals surface area contributed by atoms with Crippen LogP contribution in [0.1, 0.15) is 93.5 Å². The van der Waals surface area contributed by atoms with Gasteiger partial charge in [0.25, 0.3) is 5.92 Å². The summed E-state index contributed by atoms with van der Waals surface area (Å²) in [5.74, 6) is -3.09. The number of aliphatic imine (C=N–C) groups is 1. The third-order valence-electron chi connectivity index (χ3n) is 8.94. The van der Waals surface area contributed by atoms with Crippen LogP contribution in [-0.2, 0) is 28.4 Å². The molecule has 3 N–H and O–H groups in total. The molecular formula is C33H42F2N4O3. The van der Waals surface area contributed by atoms with Gasteiger partial charge in [-0.3, -0.25) is 14.5 Å². The largest absolute Gasteiger partial charge is 0.488 e. The standard InChI is InChI=1S/C33H42F2N4O3/c1-32(2)17-16-22-18-21(12-14-27(22)42-32)8-4-5-9-24-19-29(41)39(31(36)38-24)30-23(13-15-28(40)37-3)20-33(34,35)26-11-7-6-10-25(26)30/h6-7,10-12,14,18,23-24,30H,4-5,8-9,13,15-17,19-20H2,1-3H3,(H2,36,38)(H,37,40). The molecule has 3 aliphatic rings. The van der Waals surface area contributed by atoms with Gasteiger partial charge in [0.05, 0.1) is 12.1 Å². The van der Waals surface area contributed by atoms with Crippen LogP contribution in [-0.4, -0.2) is 41.4 Å². The van der Waals surface area contributed by atoms with E-state index in [0.29, 0.717) is 5.56 Å². The zero-order valence-electron chi connectivity index (χ0n) is 24.8. The second kappa shape index (κ2) is 12.0. The number of unbranched alkanes of at least 4 members (excludes halogenated alkanes) is 1. The summed E-state index contributed by atoms with van der Waals surface area (Å²) in [5, 5.41) is 2.55. The molecule has 1 aliphatic carbocycles. The lowest BCUT2D eigenvalue weighted by Crippen LogP contribution is -2.52. The molecule has 3 atom stereocenters. The van der Waals surface area contributed by atoms with Gasteiger partial charge >= 0.3 is 0 Å². The molecule has 226 valence electrons. The van der Waals surface area contributed by atoms with E-state index < -0.39 is 24.3 Å². The zero-order chi connectivity index (χ0) is 30.1. The molecule has 7 nitrogen and oxygen atoms in total. The predicted molar refractivity (Wildman–Crippen MR) is 158 cm³/mol. The molecule has 0 fully saturated rings. The topological polar surface area (TPSA) is 97.0 Å². The number of amides is 2. The number of nitrogens with zero attached hydrogens (tertiary/aromatic N) is 2. The molecule has 0 saturated carbocycles. The molecule has 0 bridgehead atoms. The number of guanidine groups is 1. The number of nitrogens with two attached hydrogens (primary N) is 1. The van der Waals surface area contributed by atoms with E-state index in [1.165, 1.54) is 29.1 Å². The minimum absolute atomic E-state index is 0.0730. The highest BCUT2D eigenvalue weighted by Crippen LogP contribution is 2.51. The summed E-state index contributed by atoms with van der Waals surface area (Å²) in [6, 6.07) is 11.9. The molecule has 3 unspecified atom stereocenters. The van der Waals surface area contributed by atoms with Crippen molar-refractivity contribution in [3.05, 3.63) is 64.7 Å². The predicted octanol–water partition coefficient (Wildman–Crippen LogP) is 5.80. The van der Waals surface area contributed by atoms with Crippen LogP contribution in [0, 0.1) is 5.92 Å². The van der Waals surface area contributed by atoms with Crippen LogP contribution in [0.4, 0.5) is 8.78 Å². The van der Waals surface area contributed by atoms with Crippen molar-refractivity contribution in [3.8, 4) is 5.75 Å². The smallest absolute Gasteiger partial charge is 0.273 e. The lowest BCUT2D eigenvalue weighted by atomic mass is 9.74. The Morgan fingerprint density at radius 1 is 1.17 bits per heavy atom. The molecule has 5 rings (SSSR count). The van der Waals surface area contributed by atoms with E-state index in [1.54, 1.807) is 18.2 Å². The number of ether oxygens (including phenoxy) is 1. The first-order valence-electron chi connectivity index (χ1n) is 15.1. The van der Waals surface area contributed by atoms with E-state index in [-0.39, 0.29) is 54.2 Å². The third-order valence-corrected chi connectivity index (χ3v) is 8.94. The Morgan fingerprint density at radius 3 is 2.71 bits per heavy atom. The van der Waals surface area contributed by atoms with Gasteiger partial charge in [-0.15, -0.1) is 0 Å². The average Bonchev–Trinajstić information content (AvgIpc) is 2.94. The van der Waals surface area contributed by atoms with Gasteiger partial charge in [0.1, 0.15) is 11.4 Å². The maximum absolute atomic E-state index is 15.2. The minimum Gasteiger partial charge on any atom is -0.488 e. The van der Waals surface area contributed by atoms with Crippen LogP contribution in [0.2, 0.25) is 0 Å². The van der Waals surface area contributed by atoms with Crippen molar-refractivity contribution in [2.24, 2.45) is 16.6 Å². The molecule has 2 amide bonds. The quantitative estimate of drug-likeness (QED) is 0.367. The van der Waals surface area contributed by atoms with Crippen LogP contribution in [0.3, 0.4) is 0 Å². The van der Waals surface area contributed by atoms with Crippen molar-refractivity contribution in [3.63, 3.8) is 0 Å². The fourth-order valence-corrected chi connectivity index (χ4v) is 6.71. The molecule has 0 spiro atoms. The van der Waals surface area contributed by atoms with Crippen LogP contribution in [0.25, 0.3) is 0 Å². The zero-order valence-corrected chi connectivity index (χ0v) is 24.8. The van der Waals surface area contributed by atoms with Crippen LogP contribution >= 0.6 is 0 Å². The van der Waals surface area contributed by atoms with Gasteiger partial charge in [-0.25, -0.2) is 13.8 Å². The average molecular weight is 581 g/mol. The van der Waals surface area contributed by atoms with Gasteiger partial charge in [-0.05, 0) is 81.0 Å². The van der Waals surface area contributed by atoms with Gasteiger partial charge < -0.3 is 15.8 Å². The van der Waals surface area contributed by atoms with E-state index in [4.69, 9.17) is 10.5 Å². The Bertz CT molecular complexity index is 1360. The summed E-state index contributed by atoms with van der Waals surface area (Å²) in [6.45, 7) is 4.24. The van der Waals surface area contributed by atoms with Gasteiger partial charge in [0.15, 0.2) is 5.96 Å². The number of alkyl halides is 2. The SMILES string of the molecule is CNC(=O)CCC1CC(F)(F)c2ccccc2C1N1C(=O)CC(CCCCc2ccc3c(c2)CCC(C)(C)O3)N=C1N. The number of carbonyl (C=O) groups is 2. The summed E-state index contributed by atoms with van der Waals surface area (Å²) in [6.07, 6.45) is 5.55. The van der Waals surface area contributed by atoms with E-state index in [9.17, 15) is 9.59 Å². The number of hydrogen-bond acceptors (Lipinski definition) is 5. The van der Waals surface area contributed by atoms with Gasteiger partial charge in [0, 0.05) is 31.9 Å². The first-order chi connectivity index (χ1) is 20.0. The van der Waals surface area contributed by atoms with E-state index in [0.717, 1.165) is 44.3 Å². The number of hydrogen-bond donors (Lipinski definition) is 2. The highest BCUT2D eigenvalue weighted by molar-refractivity contribution is 5.99. The summed E-state index contributed by atoms with van der Waals surface area (Å²) in [7, 11) is 1.52. The first-order valence-corrected chi connectivity index (χ1v) is 15.1. The molecule has 2 aliphatic heterocycles.